The summed E-state index contributed by atoms with van der Waals surface area (Å²) in [5.74, 6) is -2.50. The molecule has 7 heteroatoms. The van der Waals surface area contributed by atoms with E-state index in [1.54, 1.807) is 0 Å². The van der Waals surface area contributed by atoms with Crippen molar-refractivity contribution in [3.05, 3.63) is 34.6 Å². The van der Waals surface area contributed by atoms with Gasteiger partial charge in [-0.3, -0.25) is 4.79 Å². The largest absolute Gasteiger partial charge is 0.391 e. The molecule has 0 heterocycles. The van der Waals surface area contributed by atoms with Gasteiger partial charge in [-0.05, 0) is 31.4 Å². The fraction of sp³-hybridized carbons (Fsp3) is 0.533. The number of halogens is 5. The zero-order chi connectivity index (χ0) is 16.3. The maximum absolute atomic E-state index is 13.6. The van der Waals surface area contributed by atoms with Gasteiger partial charge >= 0.3 is 6.18 Å². The van der Waals surface area contributed by atoms with Gasteiger partial charge in [-0.1, -0.05) is 24.1 Å². The molecule has 0 spiro atoms. The van der Waals surface area contributed by atoms with Crippen LogP contribution in [0.1, 0.15) is 31.2 Å². The Morgan fingerprint density at radius 3 is 2.68 bits per heavy atom. The predicted molar refractivity (Wildman–Crippen MR) is 75.1 cm³/mol. The highest BCUT2D eigenvalue weighted by molar-refractivity contribution is 6.31. The summed E-state index contributed by atoms with van der Waals surface area (Å²) in [7, 11) is 0. The summed E-state index contributed by atoms with van der Waals surface area (Å²) in [6.07, 6.45) is -3.63. The quantitative estimate of drug-likeness (QED) is 0.820. The van der Waals surface area contributed by atoms with Crippen LogP contribution in [0.15, 0.2) is 18.2 Å². The van der Waals surface area contributed by atoms with Crippen LogP contribution in [0.2, 0.25) is 5.02 Å². The SMILES string of the molecule is O=C(Cc1c(F)cccc1Cl)NC1CCCC(C(F)(F)F)C1. The average molecular weight is 338 g/mol. The highest BCUT2D eigenvalue weighted by Gasteiger charge is 2.42. The molecule has 0 aromatic heterocycles. The summed E-state index contributed by atoms with van der Waals surface area (Å²) in [5.41, 5.74) is 0.0600. The van der Waals surface area contributed by atoms with Crippen LogP contribution in [0.25, 0.3) is 0 Å². The van der Waals surface area contributed by atoms with E-state index in [0.717, 1.165) is 0 Å². The summed E-state index contributed by atoms with van der Waals surface area (Å²) in [6.45, 7) is 0. The molecular weight excluding hydrogens is 322 g/mol. The molecule has 1 aromatic carbocycles. The Labute approximate surface area is 130 Å². The molecule has 1 N–H and O–H groups in total. The molecule has 2 nitrogen and oxygen atoms in total. The van der Waals surface area contributed by atoms with Crippen molar-refractivity contribution in [2.45, 2.75) is 44.3 Å². The van der Waals surface area contributed by atoms with Crippen LogP contribution in [0.3, 0.4) is 0 Å². The molecule has 1 aliphatic rings. The number of rotatable bonds is 3. The summed E-state index contributed by atoms with van der Waals surface area (Å²) in [5, 5.41) is 2.69. The average Bonchev–Trinajstić information content (AvgIpc) is 2.42. The maximum Gasteiger partial charge on any atom is 0.391 e. The Balaban J connectivity index is 1.95. The Morgan fingerprint density at radius 1 is 1.32 bits per heavy atom. The number of nitrogens with one attached hydrogen (secondary N) is 1. The van der Waals surface area contributed by atoms with Gasteiger partial charge in [0.1, 0.15) is 5.82 Å². The summed E-state index contributed by atoms with van der Waals surface area (Å²) < 4.78 is 51.8. The van der Waals surface area contributed by atoms with Crippen LogP contribution in [0, 0.1) is 11.7 Å². The van der Waals surface area contributed by atoms with E-state index in [9.17, 15) is 22.4 Å². The smallest absolute Gasteiger partial charge is 0.353 e. The summed E-state index contributed by atoms with van der Waals surface area (Å²) in [6, 6.07) is 3.55. The zero-order valence-electron chi connectivity index (χ0n) is 11.7. The second kappa shape index (κ2) is 6.86. The lowest BCUT2D eigenvalue weighted by molar-refractivity contribution is -0.184. The topological polar surface area (TPSA) is 29.1 Å². The normalized spacial score (nSPS) is 22.4. The van der Waals surface area contributed by atoms with E-state index in [-0.39, 0.29) is 29.8 Å². The molecule has 2 unspecified atom stereocenters. The Morgan fingerprint density at radius 2 is 2.05 bits per heavy atom. The third kappa shape index (κ3) is 4.35. The third-order valence-corrected chi connectivity index (χ3v) is 4.26. The number of carbonyl (C=O) groups is 1. The number of hydrogen-bond donors (Lipinski definition) is 1. The van der Waals surface area contributed by atoms with Crippen molar-refractivity contribution in [2.75, 3.05) is 0 Å². The van der Waals surface area contributed by atoms with Gasteiger partial charge in [-0.2, -0.15) is 13.2 Å². The predicted octanol–water partition coefficient (Wildman–Crippen LogP) is 4.26. The van der Waals surface area contributed by atoms with Gasteiger partial charge < -0.3 is 5.32 Å². The first-order chi connectivity index (χ1) is 10.3. The van der Waals surface area contributed by atoms with Crippen molar-refractivity contribution < 1.29 is 22.4 Å². The molecule has 22 heavy (non-hydrogen) atoms. The molecule has 0 radical (unpaired) electrons. The van der Waals surface area contributed by atoms with Crippen molar-refractivity contribution in [3.8, 4) is 0 Å². The highest BCUT2D eigenvalue weighted by atomic mass is 35.5. The lowest BCUT2D eigenvalue weighted by atomic mass is 9.85. The van der Waals surface area contributed by atoms with Crippen LogP contribution in [-0.2, 0) is 11.2 Å². The Kier molecular flexibility index (Phi) is 5.32. The first-order valence-corrected chi connectivity index (χ1v) is 7.44. The third-order valence-electron chi connectivity index (χ3n) is 3.90. The van der Waals surface area contributed by atoms with Gasteiger partial charge in [0.15, 0.2) is 0 Å². The first kappa shape index (κ1) is 17.1. The molecule has 1 fully saturated rings. The van der Waals surface area contributed by atoms with E-state index in [4.69, 9.17) is 11.6 Å². The number of alkyl halides is 3. The molecule has 2 atom stereocenters. The van der Waals surface area contributed by atoms with Crippen LogP contribution >= 0.6 is 11.6 Å². The Hall–Kier alpha value is -1.30. The fourth-order valence-corrected chi connectivity index (χ4v) is 2.99. The monoisotopic (exact) mass is 337 g/mol. The van der Waals surface area contributed by atoms with E-state index in [0.29, 0.717) is 12.8 Å². The number of amides is 1. The van der Waals surface area contributed by atoms with Crippen LogP contribution in [0.5, 0.6) is 0 Å². The molecule has 0 aliphatic heterocycles. The van der Waals surface area contributed by atoms with Gasteiger partial charge in [-0.15, -0.1) is 0 Å². The summed E-state index contributed by atoms with van der Waals surface area (Å²) >= 11 is 5.83. The minimum absolute atomic E-state index is 0.0600. The van der Waals surface area contributed by atoms with Gasteiger partial charge in [0.2, 0.25) is 5.91 Å². The molecule has 0 bridgehead atoms. The Bertz CT molecular complexity index is 527. The maximum atomic E-state index is 13.6. The van der Waals surface area contributed by atoms with Gasteiger partial charge in [0, 0.05) is 16.6 Å². The van der Waals surface area contributed by atoms with Crippen molar-refractivity contribution in [1.29, 1.82) is 0 Å². The van der Waals surface area contributed by atoms with Gasteiger partial charge in [0.25, 0.3) is 0 Å². The number of carbonyl (C=O) groups excluding carboxylic acids is 1. The second-order valence-electron chi connectivity index (χ2n) is 5.55. The fourth-order valence-electron chi connectivity index (χ4n) is 2.76. The lowest BCUT2D eigenvalue weighted by Gasteiger charge is -2.31. The van der Waals surface area contributed by atoms with Crippen molar-refractivity contribution in [2.24, 2.45) is 5.92 Å². The molecule has 1 aromatic rings. The minimum atomic E-state index is -4.24. The van der Waals surface area contributed by atoms with E-state index < -0.39 is 29.9 Å². The molecule has 1 aliphatic carbocycles. The summed E-state index contributed by atoms with van der Waals surface area (Å²) in [4.78, 5) is 11.9. The second-order valence-corrected chi connectivity index (χ2v) is 5.95. The molecule has 0 saturated heterocycles. The van der Waals surface area contributed by atoms with E-state index in [2.05, 4.69) is 5.32 Å². The molecule has 1 amide bonds. The zero-order valence-corrected chi connectivity index (χ0v) is 12.5. The van der Waals surface area contributed by atoms with Gasteiger partial charge in [-0.25, -0.2) is 4.39 Å². The van der Waals surface area contributed by atoms with E-state index >= 15 is 0 Å². The van der Waals surface area contributed by atoms with Crippen molar-refractivity contribution in [1.82, 2.24) is 5.32 Å². The van der Waals surface area contributed by atoms with Crippen LogP contribution < -0.4 is 5.32 Å². The highest BCUT2D eigenvalue weighted by Crippen LogP contribution is 2.37. The number of hydrogen-bond acceptors (Lipinski definition) is 1. The van der Waals surface area contributed by atoms with Crippen molar-refractivity contribution in [3.63, 3.8) is 0 Å². The number of benzene rings is 1. The molecule has 2 rings (SSSR count). The molecule has 122 valence electrons. The van der Waals surface area contributed by atoms with E-state index in [1.807, 2.05) is 0 Å². The lowest BCUT2D eigenvalue weighted by Crippen LogP contribution is -2.42. The minimum Gasteiger partial charge on any atom is -0.353 e. The van der Waals surface area contributed by atoms with E-state index in [1.165, 1.54) is 18.2 Å². The van der Waals surface area contributed by atoms with Crippen molar-refractivity contribution >= 4 is 17.5 Å². The standard InChI is InChI=1S/C15H16ClF4NO/c16-12-5-2-6-13(17)11(12)8-14(22)21-10-4-1-3-9(7-10)15(18,19)20/h2,5-6,9-10H,1,3-4,7-8H2,(H,21,22). The van der Waals surface area contributed by atoms with Crippen LogP contribution in [-0.4, -0.2) is 18.1 Å². The van der Waals surface area contributed by atoms with Crippen LogP contribution in [0.4, 0.5) is 17.6 Å². The first-order valence-electron chi connectivity index (χ1n) is 7.06. The van der Waals surface area contributed by atoms with Gasteiger partial charge in [0.05, 0.1) is 12.3 Å². The molecule has 1 saturated carbocycles. The molecular formula is C15H16ClF4NO.